The lowest BCUT2D eigenvalue weighted by Gasteiger charge is -2.26. The Kier molecular flexibility index (Phi) is 6.18. The fraction of sp³-hybridized carbons (Fsp3) is 0.185. The minimum absolute atomic E-state index is 0.0621. The summed E-state index contributed by atoms with van der Waals surface area (Å²) in [6.07, 6.45) is 0. The van der Waals surface area contributed by atoms with Crippen molar-refractivity contribution in [1.29, 1.82) is 0 Å². The van der Waals surface area contributed by atoms with Crippen molar-refractivity contribution in [3.05, 3.63) is 95.6 Å². The van der Waals surface area contributed by atoms with Crippen molar-refractivity contribution in [2.45, 2.75) is 13.0 Å². The topological polar surface area (TPSA) is 70.1 Å². The molecule has 1 N–H and O–H groups in total. The molecule has 0 spiro atoms. The van der Waals surface area contributed by atoms with Crippen molar-refractivity contribution < 1.29 is 19.4 Å². The lowest BCUT2D eigenvalue weighted by Crippen LogP contribution is -2.29. The summed E-state index contributed by atoms with van der Waals surface area (Å²) >= 11 is 0. The lowest BCUT2D eigenvalue weighted by molar-refractivity contribution is -0.132. The van der Waals surface area contributed by atoms with Crippen LogP contribution in [0.2, 0.25) is 0 Å². The van der Waals surface area contributed by atoms with Crippen molar-refractivity contribution in [2.24, 2.45) is 0 Å². The van der Waals surface area contributed by atoms with Crippen LogP contribution in [0.4, 0.5) is 11.4 Å². The molecule has 33 heavy (non-hydrogen) atoms. The average molecular weight is 443 g/mol. The molecule has 1 unspecified atom stereocenters. The molecule has 1 amide bonds. The molecule has 1 fully saturated rings. The summed E-state index contributed by atoms with van der Waals surface area (Å²) < 4.78 is 5.54. The summed E-state index contributed by atoms with van der Waals surface area (Å²) in [7, 11) is 3.86. The van der Waals surface area contributed by atoms with Gasteiger partial charge in [0, 0.05) is 31.0 Å². The van der Waals surface area contributed by atoms with Crippen LogP contribution in [0.15, 0.2) is 84.4 Å². The van der Waals surface area contributed by atoms with Gasteiger partial charge >= 0.3 is 0 Å². The fourth-order valence-corrected chi connectivity index (χ4v) is 3.99. The lowest BCUT2D eigenvalue weighted by atomic mass is 9.95. The number of ketones is 1. The first-order chi connectivity index (χ1) is 15.9. The number of carbonyl (C=O) groups is 2. The minimum atomic E-state index is -0.772. The number of amides is 1. The number of aliphatic hydroxyl groups is 1. The second-order valence-electron chi connectivity index (χ2n) is 7.95. The number of hydrogen-bond acceptors (Lipinski definition) is 5. The standard InChI is InChI=1S/C27H26N2O4/c1-4-33-22-16-10-18(11-17-22)24-23(25(30)19-8-6-5-7-9-19)26(31)27(32)29(24)21-14-12-20(13-15-21)28(2)3/h5-17,24,30H,4H2,1-3H3/b25-23+. The molecule has 1 heterocycles. The first-order valence-electron chi connectivity index (χ1n) is 10.8. The van der Waals surface area contributed by atoms with E-state index in [1.165, 1.54) is 4.90 Å². The SMILES string of the molecule is CCOc1ccc(C2/C(=C(\O)c3ccccc3)C(=O)C(=O)N2c2ccc(N(C)C)cc2)cc1. The molecule has 1 aliphatic rings. The van der Waals surface area contributed by atoms with Gasteiger partial charge in [-0.25, -0.2) is 0 Å². The Labute approximate surface area is 193 Å². The van der Waals surface area contributed by atoms with Crippen LogP contribution < -0.4 is 14.5 Å². The number of rotatable bonds is 6. The van der Waals surface area contributed by atoms with Gasteiger partial charge in [-0.15, -0.1) is 0 Å². The highest BCUT2D eigenvalue weighted by Crippen LogP contribution is 2.42. The number of ether oxygens (including phenoxy) is 1. The molecule has 6 heteroatoms. The second kappa shape index (κ2) is 9.20. The van der Waals surface area contributed by atoms with E-state index in [1.54, 1.807) is 36.4 Å². The van der Waals surface area contributed by atoms with Gasteiger partial charge in [0.15, 0.2) is 0 Å². The summed E-state index contributed by atoms with van der Waals surface area (Å²) in [5.41, 5.74) is 2.79. The molecule has 6 nitrogen and oxygen atoms in total. The third-order valence-electron chi connectivity index (χ3n) is 5.64. The summed E-state index contributed by atoms with van der Waals surface area (Å²) in [6.45, 7) is 2.43. The van der Waals surface area contributed by atoms with E-state index in [4.69, 9.17) is 4.74 Å². The fourth-order valence-electron chi connectivity index (χ4n) is 3.99. The van der Waals surface area contributed by atoms with E-state index in [-0.39, 0.29) is 11.3 Å². The number of benzene rings is 3. The number of hydrogen-bond donors (Lipinski definition) is 1. The summed E-state index contributed by atoms with van der Waals surface area (Å²) in [5, 5.41) is 11.1. The smallest absolute Gasteiger partial charge is 0.300 e. The monoisotopic (exact) mass is 442 g/mol. The highest BCUT2D eigenvalue weighted by molar-refractivity contribution is 6.51. The molecular weight excluding hydrogens is 416 g/mol. The summed E-state index contributed by atoms with van der Waals surface area (Å²) in [6, 6.07) is 22.7. The molecule has 3 aromatic carbocycles. The molecule has 168 valence electrons. The zero-order chi connectivity index (χ0) is 23.5. The van der Waals surface area contributed by atoms with Crippen molar-refractivity contribution >= 4 is 28.8 Å². The number of Topliss-reactive ketones (excluding diaryl/α,β-unsaturated/α-hetero) is 1. The van der Waals surface area contributed by atoms with Crippen LogP contribution in [-0.2, 0) is 9.59 Å². The van der Waals surface area contributed by atoms with Crippen LogP contribution in [0.25, 0.3) is 5.76 Å². The normalized spacial score (nSPS) is 17.3. The molecule has 0 aromatic heterocycles. The molecule has 0 bridgehead atoms. The van der Waals surface area contributed by atoms with Gasteiger partial charge in [-0.2, -0.15) is 0 Å². The molecule has 0 radical (unpaired) electrons. The quantitative estimate of drug-likeness (QED) is 0.338. The molecule has 1 atom stereocenters. The van der Waals surface area contributed by atoms with Crippen molar-refractivity contribution in [3.8, 4) is 5.75 Å². The summed E-state index contributed by atoms with van der Waals surface area (Å²) in [4.78, 5) is 29.8. The zero-order valence-corrected chi connectivity index (χ0v) is 18.9. The van der Waals surface area contributed by atoms with Crippen molar-refractivity contribution in [1.82, 2.24) is 0 Å². The average Bonchev–Trinajstić information content (AvgIpc) is 3.10. The molecule has 0 aliphatic carbocycles. The van der Waals surface area contributed by atoms with E-state index in [0.717, 1.165) is 5.69 Å². The molecular formula is C27H26N2O4. The zero-order valence-electron chi connectivity index (χ0n) is 18.9. The maximum absolute atomic E-state index is 13.2. The van der Waals surface area contributed by atoms with Gasteiger partial charge < -0.3 is 14.7 Å². The Morgan fingerprint density at radius 1 is 0.939 bits per heavy atom. The largest absolute Gasteiger partial charge is 0.507 e. The van der Waals surface area contributed by atoms with Gasteiger partial charge in [0.2, 0.25) is 0 Å². The molecule has 3 aromatic rings. The van der Waals surface area contributed by atoms with Crippen LogP contribution in [-0.4, -0.2) is 37.5 Å². The highest BCUT2D eigenvalue weighted by atomic mass is 16.5. The van der Waals surface area contributed by atoms with Gasteiger partial charge in [0.05, 0.1) is 18.2 Å². The second-order valence-corrected chi connectivity index (χ2v) is 7.95. The number of anilines is 2. The molecule has 1 aliphatic heterocycles. The third-order valence-corrected chi connectivity index (χ3v) is 5.64. The van der Waals surface area contributed by atoms with E-state index in [0.29, 0.717) is 29.2 Å². The van der Waals surface area contributed by atoms with Gasteiger partial charge in [0.25, 0.3) is 11.7 Å². The Bertz CT molecular complexity index is 1180. The van der Waals surface area contributed by atoms with Crippen LogP contribution in [0, 0.1) is 0 Å². The number of nitrogens with zero attached hydrogens (tertiary/aromatic N) is 2. The van der Waals surface area contributed by atoms with E-state index >= 15 is 0 Å². The van der Waals surface area contributed by atoms with Crippen LogP contribution in [0.3, 0.4) is 0 Å². The van der Waals surface area contributed by atoms with E-state index in [1.807, 2.05) is 68.4 Å². The van der Waals surface area contributed by atoms with E-state index in [9.17, 15) is 14.7 Å². The predicted octanol–water partition coefficient (Wildman–Crippen LogP) is 4.78. The van der Waals surface area contributed by atoms with Crippen LogP contribution in [0.5, 0.6) is 5.75 Å². The van der Waals surface area contributed by atoms with E-state index in [2.05, 4.69) is 0 Å². The Balaban J connectivity index is 1.87. The minimum Gasteiger partial charge on any atom is -0.507 e. The van der Waals surface area contributed by atoms with Gasteiger partial charge in [0.1, 0.15) is 11.5 Å². The maximum atomic E-state index is 13.2. The predicted molar refractivity (Wildman–Crippen MR) is 130 cm³/mol. The Hall–Kier alpha value is -4.06. The molecule has 1 saturated heterocycles. The first-order valence-corrected chi connectivity index (χ1v) is 10.8. The van der Waals surface area contributed by atoms with Crippen LogP contribution in [0.1, 0.15) is 24.1 Å². The van der Waals surface area contributed by atoms with Gasteiger partial charge in [-0.05, 0) is 48.9 Å². The van der Waals surface area contributed by atoms with Gasteiger partial charge in [-0.3, -0.25) is 14.5 Å². The van der Waals surface area contributed by atoms with Crippen LogP contribution >= 0.6 is 0 Å². The Morgan fingerprint density at radius 2 is 1.58 bits per heavy atom. The molecule has 0 saturated carbocycles. The highest BCUT2D eigenvalue weighted by Gasteiger charge is 2.46. The first kappa shape index (κ1) is 22.1. The number of carbonyl (C=O) groups excluding carboxylic acids is 2. The van der Waals surface area contributed by atoms with Crippen molar-refractivity contribution in [2.75, 3.05) is 30.5 Å². The third kappa shape index (κ3) is 4.20. The Morgan fingerprint density at radius 3 is 2.15 bits per heavy atom. The van der Waals surface area contributed by atoms with E-state index < -0.39 is 17.7 Å². The van der Waals surface area contributed by atoms with Gasteiger partial charge in [-0.1, -0.05) is 42.5 Å². The number of aliphatic hydroxyl groups excluding tert-OH is 1. The molecule has 4 rings (SSSR count). The summed E-state index contributed by atoms with van der Waals surface area (Å²) in [5.74, 6) is -0.896. The maximum Gasteiger partial charge on any atom is 0.300 e. The van der Waals surface area contributed by atoms with Crippen molar-refractivity contribution in [3.63, 3.8) is 0 Å².